The van der Waals surface area contributed by atoms with Crippen LogP contribution in [0.1, 0.15) is 77.6 Å². The van der Waals surface area contributed by atoms with E-state index in [1.807, 2.05) is 69.3 Å². The molecule has 3 rings (SSSR count). The molecule has 1 fully saturated rings. The molecule has 1 aliphatic carbocycles. The molecule has 0 bridgehead atoms. The Balaban J connectivity index is 2.03. The second-order valence-corrected chi connectivity index (χ2v) is 11.7. The highest BCUT2D eigenvalue weighted by Crippen LogP contribution is 2.41. The number of nitrogens with zero attached hydrogens (tertiary/aromatic N) is 1. The average molecular weight is 522 g/mol. The van der Waals surface area contributed by atoms with Gasteiger partial charge in [0, 0.05) is 11.7 Å². The van der Waals surface area contributed by atoms with Gasteiger partial charge in [0.15, 0.2) is 0 Å². The van der Waals surface area contributed by atoms with Gasteiger partial charge in [-0.25, -0.2) is 4.79 Å². The zero-order chi connectivity index (χ0) is 28.2. The largest absolute Gasteiger partial charge is 0.444 e. The van der Waals surface area contributed by atoms with E-state index >= 15 is 0 Å². The van der Waals surface area contributed by atoms with Crippen molar-refractivity contribution in [1.82, 2.24) is 10.2 Å². The lowest BCUT2D eigenvalue weighted by Crippen LogP contribution is -2.55. The summed E-state index contributed by atoms with van der Waals surface area (Å²) in [6, 6.07) is 13.6. The first-order valence-electron chi connectivity index (χ1n) is 13.6. The molecule has 4 unspecified atom stereocenters. The van der Waals surface area contributed by atoms with Gasteiger partial charge in [0.25, 0.3) is 5.91 Å². The van der Waals surface area contributed by atoms with Gasteiger partial charge in [-0.05, 0) is 75.1 Å². The van der Waals surface area contributed by atoms with Crippen LogP contribution in [-0.4, -0.2) is 40.5 Å². The zero-order valence-corrected chi connectivity index (χ0v) is 24.0. The lowest BCUT2D eigenvalue weighted by Gasteiger charge is -2.36. The SMILES string of the molecule is CCc1ccc(C(C(=O)Nc2ccccc2C)N(C(=O)C(NC(=O)OC(C)(C)C)C(C)C)C2CC2C)cc1. The first kappa shape index (κ1) is 29.2. The molecule has 1 saturated carbocycles. The number of alkyl carbamates (subject to hydrolysis) is 1. The van der Waals surface area contributed by atoms with Crippen molar-refractivity contribution in [2.75, 3.05) is 5.32 Å². The maximum absolute atomic E-state index is 14.3. The van der Waals surface area contributed by atoms with Crippen molar-refractivity contribution >= 4 is 23.6 Å². The maximum atomic E-state index is 14.3. The molecule has 0 saturated heterocycles. The van der Waals surface area contributed by atoms with Gasteiger partial charge in [0.2, 0.25) is 5.91 Å². The monoisotopic (exact) mass is 521 g/mol. The highest BCUT2D eigenvalue weighted by atomic mass is 16.6. The molecule has 4 atom stereocenters. The van der Waals surface area contributed by atoms with Crippen molar-refractivity contribution in [3.63, 3.8) is 0 Å². The molecule has 38 heavy (non-hydrogen) atoms. The predicted octanol–water partition coefficient (Wildman–Crippen LogP) is 6.02. The topological polar surface area (TPSA) is 87.7 Å². The molecule has 2 aromatic rings. The zero-order valence-electron chi connectivity index (χ0n) is 24.0. The van der Waals surface area contributed by atoms with E-state index in [0.717, 1.165) is 29.5 Å². The number of benzene rings is 2. The van der Waals surface area contributed by atoms with Crippen LogP contribution < -0.4 is 10.6 Å². The quantitative estimate of drug-likeness (QED) is 0.422. The predicted molar refractivity (Wildman–Crippen MR) is 151 cm³/mol. The smallest absolute Gasteiger partial charge is 0.408 e. The minimum atomic E-state index is -0.857. The Morgan fingerprint density at radius 3 is 2.16 bits per heavy atom. The fourth-order valence-corrected chi connectivity index (χ4v) is 4.57. The van der Waals surface area contributed by atoms with Crippen LogP contribution in [0.5, 0.6) is 0 Å². The van der Waals surface area contributed by atoms with E-state index in [4.69, 9.17) is 4.74 Å². The second-order valence-electron chi connectivity index (χ2n) is 11.7. The van der Waals surface area contributed by atoms with Crippen LogP contribution in [0.2, 0.25) is 0 Å². The van der Waals surface area contributed by atoms with Crippen molar-refractivity contribution in [3.05, 3.63) is 65.2 Å². The third-order valence-corrected chi connectivity index (χ3v) is 6.92. The number of para-hydroxylation sites is 1. The van der Waals surface area contributed by atoms with E-state index < -0.39 is 23.8 Å². The molecular formula is C31H43N3O4. The summed E-state index contributed by atoms with van der Waals surface area (Å²) < 4.78 is 5.46. The van der Waals surface area contributed by atoms with Crippen molar-refractivity contribution < 1.29 is 19.1 Å². The Bertz CT molecular complexity index is 1140. The number of anilines is 1. The lowest BCUT2D eigenvalue weighted by molar-refractivity contribution is -0.142. The fraction of sp³-hybridized carbons (Fsp3) is 0.516. The molecule has 2 N–H and O–H groups in total. The van der Waals surface area contributed by atoms with Gasteiger partial charge >= 0.3 is 6.09 Å². The van der Waals surface area contributed by atoms with E-state index in [0.29, 0.717) is 5.69 Å². The van der Waals surface area contributed by atoms with Gasteiger partial charge in [0.05, 0.1) is 0 Å². The minimum absolute atomic E-state index is 0.109. The van der Waals surface area contributed by atoms with Crippen LogP contribution in [0, 0.1) is 18.8 Å². The summed E-state index contributed by atoms with van der Waals surface area (Å²) >= 11 is 0. The number of rotatable bonds is 9. The minimum Gasteiger partial charge on any atom is -0.444 e. The molecule has 0 aromatic heterocycles. The molecule has 0 heterocycles. The standard InChI is InChI=1S/C31H43N3O4/c1-9-22-14-16-23(17-15-22)27(28(35)32-24-13-11-10-12-20(24)4)34(25-18-21(25)5)29(36)26(19(2)3)33-30(37)38-31(6,7)8/h10-17,19,21,25-27H,9,18H2,1-8H3,(H,32,35)(H,33,37). The fourth-order valence-electron chi connectivity index (χ4n) is 4.57. The molecule has 0 aliphatic heterocycles. The van der Waals surface area contributed by atoms with Crippen molar-refractivity contribution in [3.8, 4) is 0 Å². The highest BCUT2D eigenvalue weighted by Gasteiger charge is 2.48. The summed E-state index contributed by atoms with van der Waals surface area (Å²) in [6.07, 6.45) is 1.02. The van der Waals surface area contributed by atoms with E-state index in [-0.39, 0.29) is 29.7 Å². The van der Waals surface area contributed by atoms with Crippen LogP contribution in [0.3, 0.4) is 0 Å². The number of hydrogen-bond acceptors (Lipinski definition) is 4. The van der Waals surface area contributed by atoms with Crippen LogP contribution >= 0.6 is 0 Å². The molecule has 0 spiro atoms. The van der Waals surface area contributed by atoms with Gasteiger partial charge in [-0.2, -0.15) is 0 Å². The number of ether oxygens (including phenoxy) is 1. The molecule has 1 aliphatic rings. The van der Waals surface area contributed by atoms with Crippen LogP contribution in [0.15, 0.2) is 48.5 Å². The first-order chi connectivity index (χ1) is 17.8. The van der Waals surface area contributed by atoms with Crippen LogP contribution in [0.4, 0.5) is 10.5 Å². The molecule has 7 nitrogen and oxygen atoms in total. The third-order valence-electron chi connectivity index (χ3n) is 6.92. The molecule has 2 aromatic carbocycles. The Morgan fingerprint density at radius 2 is 1.66 bits per heavy atom. The number of hydrogen-bond donors (Lipinski definition) is 2. The Morgan fingerprint density at radius 1 is 1.05 bits per heavy atom. The summed E-state index contributed by atoms with van der Waals surface area (Å²) in [6.45, 7) is 15.2. The van der Waals surface area contributed by atoms with Crippen LogP contribution in [0.25, 0.3) is 0 Å². The third kappa shape index (κ3) is 7.36. The summed E-state index contributed by atoms with van der Waals surface area (Å²) in [7, 11) is 0. The molecular weight excluding hydrogens is 478 g/mol. The van der Waals surface area contributed by atoms with E-state index in [9.17, 15) is 14.4 Å². The summed E-state index contributed by atoms with van der Waals surface area (Å²) in [4.78, 5) is 42.6. The Labute approximate surface area is 227 Å². The lowest BCUT2D eigenvalue weighted by atomic mass is 9.97. The Kier molecular flexibility index (Phi) is 9.23. The van der Waals surface area contributed by atoms with E-state index in [1.165, 1.54) is 0 Å². The highest BCUT2D eigenvalue weighted by molar-refractivity contribution is 5.99. The Hall–Kier alpha value is -3.35. The van der Waals surface area contributed by atoms with Crippen molar-refractivity contribution in [2.24, 2.45) is 11.8 Å². The van der Waals surface area contributed by atoms with Crippen molar-refractivity contribution in [1.29, 1.82) is 0 Å². The summed E-state index contributed by atoms with van der Waals surface area (Å²) in [5.74, 6) is -0.536. The van der Waals surface area contributed by atoms with Gasteiger partial charge in [-0.15, -0.1) is 0 Å². The molecule has 206 valence electrons. The normalized spacial score (nSPS) is 18.3. The van der Waals surface area contributed by atoms with E-state index in [2.05, 4.69) is 24.5 Å². The van der Waals surface area contributed by atoms with Crippen molar-refractivity contribution in [2.45, 2.75) is 92.0 Å². The van der Waals surface area contributed by atoms with Crippen LogP contribution in [-0.2, 0) is 20.7 Å². The van der Waals surface area contributed by atoms with Gasteiger partial charge in [-0.3, -0.25) is 9.59 Å². The van der Waals surface area contributed by atoms with Gasteiger partial charge in [-0.1, -0.05) is 70.2 Å². The second kappa shape index (κ2) is 12.0. The molecule has 3 amide bonds. The average Bonchev–Trinajstić information content (AvgIpc) is 3.56. The number of nitrogens with one attached hydrogen (secondary N) is 2. The maximum Gasteiger partial charge on any atom is 0.408 e. The molecule has 7 heteroatoms. The van der Waals surface area contributed by atoms with Gasteiger partial charge in [0.1, 0.15) is 17.7 Å². The molecule has 0 radical (unpaired) electrons. The summed E-state index contributed by atoms with van der Waals surface area (Å²) in [5.41, 5.74) is 2.83. The first-order valence-corrected chi connectivity index (χ1v) is 13.6. The number of amides is 3. The van der Waals surface area contributed by atoms with E-state index in [1.54, 1.807) is 25.7 Å². The summed E-state index contributed by atoms with van der Waals surface area (Å²) in [5, 5.41) is 5.85. The van der Waals surface area contributed by atoms with Gasteiger partial charge < -0.3 is 20.3 Å². The number of aryl methyl sites for hydroxylation is 2. The number of carbonyl (C=O) groups is 3. The number of carbonyl (C=O) groups excluding carboxylic acids is 3.